The molecule has 0 bridgehead atoms. The van der Waals surface area contributed by atoms with Crippen LogP contribution in [0.4, 0.5) is 0 Å². The van der Waals surface area contributed by atoms with Crippen molar-refractivity contribution >= 4 is 0 Å². The zero-order valence-corrected chi connectivity index (χ0v) is 13.1. The Morgan fingerprint density at radius 1 is 1.14 bits per heavy atom. The lowest BCUT2D eigenvalue weighted by atomic mass is 9.82. The van der Waals surface area contributed by atoms with Gasteiger partial charge in [0.15, 0.2) is 0 Å². The van der Waals surface area contributed by atoms with Crippen LogP contribution in [-0.2, 0) is 4.74 Å². The smallest absolute Gasteiger partial charge is 0.0847 e. The Bertz CT molecular complexity index is 440. The van der Waals surface area contributed by atoms with E-state index in [0.717, 1.165) is 12.8 Å². The topological polar surface area (TPSA) is 47.3 Å². The predicted molar refractivity (Wildman–Crippen MR) is 85.8 cm³/mol. The fraction of sp³-hybridized carbons (Fsp3) is 0.667. The Morgan fingerprint density at radius 3 is 2.38 bits per heavy atom. The van der Waals surface area contributed by atoms with E-state index in [0.29, 0.717) is 11.8 Å². The van der Waals surface area contributed by atoms with Crippen molar-refractivity contribution in [1.29, 1.82) is 0 Å². The van der Waals surface area contributed by atoms with Crippen molar-refractivity contribution in [3.8, 4) is 0 Å². The van der Waals surface area contributed by atoms with Gasteiger partial charge in [0.1, 0.15) is 0 Å². The first-order valence-corrected chi connectivity index (χ1v) is 8.37. The monoisotopic (exact) mass is 288 g/mol. The number of hydrogen-bond acceptors (Lipinski definition) is 3. The van der Waals surface area contributed by atoms with E-state index in [4.69, 9.17) is 10.6 Å². The lowest BCUT2D eigenvalue weighted by molar-refractivity contribution is -0.0590. The van der Waals surface area contributed by atoms with Crippen LogP contribution in [0.2, 0.25) is 0 Å². The van der Waals surface area contributed by atoms with Crippen LogP contribution in [0, 0.1) is 5.92 Å². The van der Waals surface area contributed by atoms with Gasteiger partial charge in [0.25, 0.3) is 0 Å². The first kappa shape index (κ1) is 15.0. The lowest BCUT2D eigenvalue weighted by Crippen LogP contribution is -2.55. The zero-order valence-electron chi connectivity index (χ0n) is 13.1. The number of ether oxygens (including phenoxy) is 1. The molecule has 3 rings (SSSR count). The summed E-state index contributed by atoms with van der Waals surface area (Å²) in [5.74, 6) is 7.21. The van der Waals surface area contributed by atoms with Crippen molar-refractivity contribution in [2.45, 2.75) is 62.5 Å². The second-order valence-electron chi connectivity index (χ2n) is 6.74. The van der Waals surface area contributed by atoms with Crippen LogP contribution in [-0.4, -0.2) is 18.8 Å². The van der Waals surface area contributed by atoms with Crippen molar-refractivity contribution in [2.75, 3.05) is 7.11 Å². The molecule has 116 valence electrons. The molecule has 21 heavy (non-hydrogen) atoms. The highest BCUT2D eigenvalue weighted by Crippen LogP contribution is 2.53. The molecule has 3 nitrogen and oxygen atoms in total. The van der Waals surface area contributed by atoms with E-state index in [1.165, 1.54) is 37.7 Å². The van der Waals surface area contributed by atoms with Gasteiger partial charge in [-0.15, -0.1) is 0 Å². The number of nitrogens with one attached hydrogen (secondary N) is 1. The maximum absolute atomic E-state index is 6.05. The van der Waals surface area contributed by atoms with Crippen molar-refractivity contribution in [3.63, 3.8) is 0 Å². The number of rotatable bonds is 5. The second-order valence-corrected chi connectivity index (χ2v) is 6.74. The van der Waals surface area contributed by atoms with Gasteiger partial charge in [-0.25, -0.2) is 0 Å². The largest absolute Gasteiger partial charge is 0.377 e. The lowest BCUT2D eigenvalue weighted by Gasteiger charge is -2.39. The molecule has 0 amide bonds. The van der Waals surface area contributed by atoms with E-state index in [2.05, 4.69) is 35.8 Å². The average molecular weight is 288 g/mol. The number of nitrogens with two attached hydrogens (primary N) is 1. The molecular formula is C18H28N2O. The third-order valence-corrected chi connectivity index (χ3v) is 5.60. The molecular weight excluding hydrogens is 260 g/mol. The molecule has 0 saturated heterocycles. The predicted octanol–water partition coefficient (Wildman–Crippen LogP) is 3.36. The molecule has 0 radical (unpaired) electrons. The summed E-state index contributed by atoms with van der Waals surface area (Å²) < 4.78 is 6.05. The summed E-state index contributed by atoms with van der Waals surface area (Å²) in [5.41, 5.74) is 4.50. The minimum atomic E-state index is -0.0700. The molecule has 1 aromatic carbocycles. The Labute approximate surface area is 128 Å². The van der Waals surface area contributed by atoms with Crippen molar-refractivity contribution in [1.82, 2.24) is 5.43 Å². The normalized spacial score (nSPS) is 29.6. The third-order valence-electron chi connectivity index (χ3n) is 5.60. The molecule has 3 unspecified atom stereocenters. The summed E-state index contributed by atoms with van der Waals surface area (Å²) in [6, 6.07) is 11.1. The molecule has 0 heterocycles. The summed E-state index contributed by atoms with van der Waals surface area (Å²) in [6.07, 6.45) is 8.67. The Kier molecular flexibility index (Phi) is 4.63. The Balaban J connectivity index is 1.75. The molecule has 1 aromatic rings. The third kappa shape index (κ3) is 3.01. The maximum atomic E-state index is 6.05. The van der Waals surface area contributed by atoms with E-state index in [-0.39, 0.29) is 11.6 Å². The first-order chi connectivity index (χ1) is 10.3. The van der Waals surface area contributed by atoms with Crippen LogP contribution in [0.15, 0.2) is 30.3 Å². The van der Waals surface area contributed by atoms with E-state index >= 15 is 0 Å². The summed E-state index contributed by atoms with van der Waals surface area (Å²) in [4.78, 5) is 0. The van der Waals surface area contributed by atoms with Gasteiger partial charge in [-0.3, -0.25) is 11.3 Å². The maximum Gasteiger partial charge on any atom is 0.0847 e. The molecule has 2 fully saturated rings. The molecule has 0 aromatic heterocycles. The van der Waals surface area contributed by atoms with E-state index in [1.807, 2.05) is 7.11 Å². The van der Waals surface area contributed by atoms with Gasteiger partial charge in [-0.2, -0.15) is 0 Å². The van der Waals surface area contributed by atoms with E-state index < -0.39 is 0 Å². The van der Waals surface area contributed by atoms with Crippen LogP contribution in [0.3, 0.4) is 0 Å². The summed E-state index contributed by atoms with van der Waals surface area (Å²) in [7, 11) is 1.87. The minimum absolute atomic E-state index is 0.0700. The minimum Gasteiger partial charge on any atom is -0.377 e. The van der Waals surface area contributed by atoms with Crippen molar-refractivity contribution in [3.05, 3.63) is 35.9 Å². The van der Waals surface area contributed by atoms with Crippen molar-refractivity contribution < 1.29 is 4.74 Å². The van der Waals surface area contributed by atoms with Crippen LogP contribution < -0.4 is 11.3 Å². The number of benzene rings is 1. The number of methoxy groups -OCH3 is 1. The van der Waals surface area contributed by atoms with Gasteiger partial charge in [0, 0.05) is 7.11 Å². The zero-order chi connectivity index (χ0) is 14.7. The van der Waals surface area contributed by atoms with Gasteiger partial charge in [0.05, 0.1) is 11.6 Å². The molecule has 0 aliphatic heterocycles. The number of hydrogen-bond donors (Lipinski definition) is 2. The van der Waals surface area contributed by atoms with Gasteiger partial charge in [0.2, 0.25) is 0 Å². The van der Waals surface area contributed by atoms with Gasteiger partial charge < -0.3 is 4.74 Å². The standard InChI is InChI=1S/C18H28N2O/c1-21-18(11-7-2-3-8-12-18)17(20-19)16-13-15(16)14-9-5-4-6-10-14/h4-6,9-10,15-17,20H,2-3,7-8,11-13,19H2,1H3. The molecule has 2 aliphatic rings. The number of hydrazine groups is 1. The molecule has 3 atom stereocenters. The van der Waals surface area contributed by atoms with Crippen LogP contribution in [0.5, 0.6) is 0 Å². The second kappa shape index (κ2) is 6.47. The molecule has 2 saturated carbocycles. The summed E-state index contributed by atoms with van der Waals surface area (Å²) in [6.45, 7) is 0. The van der Waals surface area contributed by atoms with Crippen LogP contribution in [0.25, 0.3) is 0 Å². The van der Waals surface area contributed by atoms with Gasteiger partial charge >= 0.3 is 0 Å². The van der Waals surface area contributed by atoms with E-state index in [9.17, 15) is 0 Å². The van der Waals surface area contributed by atoms with Crippen LogP contribution in [0.1, 0.15) is 56.4 Å². The van der Waals surface area contributed by atoms with Gasteiger partial charge in [-0.05, 0) is 36.7 Å². The fourth-order valence-corrected chi connectivity index (χ4v) is 4.30. The Hall–Kier alpha value is -0.900. The van der Waals surface area contributed by atoms with E-state index in [1.54, 1.807) is 0 Å². The summed E-state index contributed by atoms with van der Waals surface area (Å²) >= 11 is 0. The molecule has 2 aliphatic carbocycles. The quantitative estimate of drug-likeness (QED) is 0.496. The average Bonchev–Trinajstić information content (AvgIpc) is 3.33. The highest BCUT2D eigenvalue weighted by Gasteiger charge is 2.52. The Morgan fingerprint density at radius 2 is 1.81 bits per heavy atom. The fourth-order valence-electron chi connectivity index (χ4n) is 4.30. The molecule has 3 N–H and O–H groups in total. The highest BCUT2D eigenvalue weighted by molar-refractivity contribution is 5.27. The highest BCUT2D eigenvalue weighted by atomic mass is 16.5. The molecule has 3 heteroatoms. The first-order valence-electron chi connectivity index (χ1n) is 8.37. The molecule has 0 spiro atoms. The SMILES string of the molecule is COC1(C(NN)C2CC2c2ccccc2)CCCCCC1. The summed E-state index contributed by atoms with van der Waals surface area (Å²) in [5, 5.41) is 0. The van der Waals surface area contributed by atoms with Gasteiger partial charge in [-0.1, -0.05) is 56.0 Å². The van der Waals surface area contributed by atoms with Crippen LogP contribution >= 0.6 is 0 Å². The van der Waals surface area contributed by atoms with Crippen molar-refractivity contribution in [2.24, 2.45) is 11.8 Å².